The van der Waals surface area contributed by atoms with Gasteiger partial charge >= 0.3 is 10.1 Å². The Morgan fingerprint density at radius 2 is 1.86 bits per heavy atom. The zero-order chi connectivity index (χ0) is 20.4. The second kappa shape index (κ2) is 9.78. The molecule has 0 saturated heterocycles. The number of terminal acetylenes is 1. The molecule has 134 valence electrons. The number of nitrogens with zero attached hydrogens (tertiary/aromatic N) is 2. The molecule has 1 heterocycles. The number of hydrogen-bond donors (Lipinski definition) is 0. The van der Waals surface area contributed by atoms with Gasteiger partial charge in [-0.25, -0.2) is 0 Å². The third-order valence-corrected chi connectivity index (χ3v) is 4.69. The first-order chi connectivity index (χ1) is 13.5. The van der Waals surface area contributed by atoms with Crippen molar-refractivity contribution in [2.24, 2.45) is 5.16 Å². The number of aryl methyl sites for hydroxylation is 1. The minimum absolute atomic E-state index is 0.271. The standard InChI is InChI=1S/C21H10N2O3S2/c1-3-4-5-6-7-10-15-28(24,25)26-23-21-14-13-20(27-21)19(16-22)18-12-9-8-11-17(18)2/h1,8-9,11-14H,2H3. The van der Waals surface area contributed by atoms with E-state index >= 15 is 0 Å². The fourth-order valence-electron chi connectivity index (χ4n) is 1.93. The van der Waals surface area contributed by atoms with Crippen LogP contribution in [0.3, 0.4) is 0 Å². The molecular weight excluding hydrogens is 392 g/mol. The molecule has 0 N–H and O–H groups in total. The first-order valence-corrected chi connectivity index (χ1v) is 9.74. The van der Waals surface area contributed by atoms with Gasteiger partial charge in [0.1, 0.15) is 11.1 Å². The summed E-state index contributed by atoms with van der Waals surface area (Å²) in [7, 11) is -4.23. The van der Waals surface area contributed by atoms with Crippen molar-refractivity contribution in [2.75, 3.05) is 0 Å². The summed E-state index contributed by atoms with van der Waals surface area (Å²) < 4.78 is 27.9. The van der Waals surface area contributed by atoms with Gasteiger partial charge in [-0.2, -0.15) is 13.7 Å². The number of allylic oxidation sites excluding steroid dienone is 2. The molecule has 1 aliphatic rings. The van der Waals surface area contributed by atoms with Crippen molar-refractivity contribution < 1.29 is 12.7 Å². The molecule has 28 heavy (non-hydrogen) atoms. The molecule has 7 heteroatoms. The maximum atomic E-state index is 11.7. The van der Waals surface area contributed by atoms with E-state index in [1.165, 1.54) is 0 Å². The van der Waals surface area contributed by atoms with Crippen LogP contribution >= 0.6 is 11.8 Å². The van der Waals surface area contributed by atoms with Gasteiger partial charge < -0.3 is 0 Å². The van der Waals surface area contributed by atoms with E-state index in [1.807, 2.05) is 36.4 Å². The number of rotatable bonds is 3. The molecule has 1 aromatic rings. The van der Waals surface area contributed by atoms with Crippen LogP contribution in [0.5, 0.6) is 0 Å². The molecule has 0 unspecified atom stereocenters. The van der Waals surface area contributed by atoms with E-state index in [2.05, 4.69) is 51.0 Å². The second-order valence-electron chi connectivity index (χ2n) is 4.93. The lowest BCUT2D eigenvalue weighted by atomic mass is 10.0. The SMILES string of the molecule is C#CC#CC#CC#CS(=O)(=O)ON=C1C=CC(=C(C#N)c2ccccc2C)S1. The molecule has 0 aliphatic carbocycles. The fourth-order valence-corrected chi connectivity index (χ4v) is 3.20. The second-order valence-corrected chi connectivity index (χ2v) is 7.25. The van der Waals surface area contributed by atoms with Crippen molar-refractivity contribution >= 4 is 32.5 Å². The summed E-state index contributed by atoms with van der Waals surface area (Å²) in [5.74, 6) is 13.1. The Labute approximate surface area is 168 Å². The lowest BCUT2D eigenvalue weighted by Crippen LogP contribution is -1.98. The lowest BCUT2D eigenvalue weighted by Gasteiger charge is -2.05. The Morgan fingerprint density at radius 1 is 1.14 bits per heavy atom. The van der Waals surface area contributed by atoms with Gasteiger partial charge in [-0.05, 0) is 48.0 Å². The molecule has 0 atom stereocenters. The van der Waals surface area contributed by atoms with Gasteiger partial charge in [0.15, 0.2) is 0 Å². The van der Waals surface area contributed by atoms with Gasteiger partial charge in [-0.1, -0.05) is 41.2 Å². The van der Waals surface area contributed by atoms with E-state index in [4.69, 9.17) is 6.42 Å². The lowest BCUT2D eigenvalue weighted by molar-refractivity contribution is 0.349. The molecule has 2 rings (SSSR count). The summed E-state index contributed by atoms with van der Waals surface area (Å²) >= 11 is 1.12. The van der Waals surface area contributed by atoms with Crippen LogP contribution in [0.25, 0.3) is 5.57 Å². The van der Waals surface area contributed by atoms with Crippen molar-refractivity contribution in [1.82, 2.24) is 0 Å². The maximum Gasteiger partial charge on any atom is 0.402 e. The Balaban J connectivity index is 2.15. The fraction of sp³-hybridized carbons (Fsp3) is 0.0476. The molecule has 0 bridgehead atoms. The van der Waals surface area contributed by atoms with Crippen LogP contribution in [0.1, 0.15) is 11.1 Å². The minimum Gasteiger partial charge on any atom is -0.258 e. The van der Waals surface area contributed by atoms with E-state index < -0.39 is 10.1 Å². The van der Waals surface area contributed by atoms with Gasteiger partial charge in [0.05, 0.1) is 10.8 Å². The van der Waals surface area contributed by atoms with Crippen LogP contribution in [0.2, 0.25) is 0 Å². The molecule has 5 nitrogen and oxygen atoms in total. The molecule has 0 spiro atoms. The monoisotopic (exact) mass is 402 g/mol. The van der Waals surface area contributed by atoms with Gasteiger partial charge in [0, 0.05) is 22.7 Å². The van der Waals surface area contributed by atoms with Crippen LogP contribution in [0.15, 0.2) is 46.5 Å². The van der Waals surface area contributed by atoms with E-state index in [1.54, 1.807) is 12.2 Å². The first-order valence-electron chi connectivity index (χ1n) is 7.52. The number of nitriles is 1. The van der Waals surface area contributed by atoms with E-state index in [0.29, 0.717) is 10.5 Å². The molecule has 1 aromatic carbocycles. The molecule has 1 aliphatic heterocycles. The van der Waals surface area contributed by atoms with E-state index in [-0.39, 0.29) is 5.04 Å². The summed E-state index contributed by atoms with van der Waals surface area (Å²) in [4.78, 5) is 0.639. The van der Waals surface area contributed by atoms with Crippen LogP contribution in [0.4, 0.5) is 0 Å². The zero-order valence-corrected chi connectivity index (χ0v) is 16.1. The van der Waals surface area contributed by atoms with Gasteiger partial charge in [0.25, 0.3) is 0 Å². The zero-order valence-electron chi connectivity index (χ0n) is 14.5. The molecular formula is C21H10N2O3S2. The topological polar surface area (TPSA) is 79.5 Å². The minimum atomic E-state index is -4.23. The normalized spacial score (nSPS) is 14.9. The largest absolute Gasteiger partial charge is 0.402 e. The number of hydrogen-bond acceptors (Lipinski definition) is 6. The average molecular weight is 402 g/mol. The maximum absolute atomic E-state index is 11.7. The molecule has 0 aromatic heterocycles. The summed E-state index contributed by atoms with van der Waals surface area (Å²) in [6.07, 6.45) is 8.12. The highest BCUT2D eigenvalue weighted by atomic mass is 32.2. The first kappa shape index (κ1) is 20.5. The van der Waals surface area contributed by atoms with Crippen LogP contribution in [0, 0.1) is 65.5 Å². The van der Waals surface area contributed by atoms with Crippen molar-refractivity contribution in [3.05, 3.63) is 52.4 Å². The average Bonchev–Trinajstić information content (AvgIpc) is 3.14. The molecule has 0 amide bonds. The number of thioether (sulfide) groups is 1. The molecule has 0 fully saturated rings. The van der Waals surface area contributed by atoms with E-state index in [0.717, 1.165) is 22.9 Å². The number of benzene rings is 1. The highest BCUT2D eigenvalue weighted by molar-refractivity contribution is 8.18. The Kier molecular flexibility index (Phi) is 7.16. The van der Waals surface area contributed by atoms with Crippen molar-refractivity contribution in [3.63, 3.8) is 0 Å². The quantitative estimate of drug-likeness (QED) is 0.441. The summed E-state index contributed by atoms with van der Waals surface area (Å²) in [6, 6.07) is 9.65. The predicted molar refractivity (Wildman–Crippen MR) is 110 cm³/mol. The summed E-state index contributed by atoms with van der Waals surface area (Å²) in [6.45, 7) is 1.90. The van der Waals surface area contributed by atoms with Crippen molar-refractivity contribution in [2.45, 2.75) is 6.92 Å². The molecule has 0 saturated carbocycles. The Bertz CT molecular complexity index is 1270. The predicted octanol–water partition coefficient (Wildman–Crippen LogP) is 2.79. The Morgan fingerprint density at radius 3 is 2.57 bits per heavy atom. The third-order valence-electron chi connectivity index (χ3n) is 3.09. The van der Waals surface area contributed by atoms with Crippen molar-refractivity contribution in [1.29, 1.82) is 5.26 Å². The van der Waals surface area contributed by atoms with Crippen LogP contribution in [-0.2, 0) is 14.4 Å². The van der Waals surface area contributed by atoms with E-state index in [9.17, 15) is 13.7 Å². The Hall–Kier alpha value is -3.80. The summed E-state index contributed by atoms with van der Waals surface area (Å²) in [5.41, 5.74) is 2.22. The van der Waals surface area contributed by atoms with Crippen LogP contribution < -0.4 is 0 Å². The van der Waals surface area contributed by atoms with Crippen LogP contribution in [-0.4, -0.2) is 13.5 Å². The van der Waals surface area contributed by atoms with Crippen molar-refractivity contribution in [3.8, 4) is 53.3 Å². The van der Waals surface area contributed by atoms with Gasteiger partial charge in [-0.15, -0.1) is 6.42 Å². The van der Waals surface area contributed by atoms with Gasteiger partial charge in [-0.3, -0.25) is 4.28 Å². The molecule has 0 radical (unpaired) electrons. The van der Waals surface area contributed by atoms with Gasteiger partial charge in [0.2, 0.25) is 0 Å². The summed E-state index contributed by atoms with van der Waals surface area (Å²) in [5, 5.41) is 15.2. The highest BCUT2D eigenvalue weighted by Crippen LogP contribution is 2.34. The number of oxime groups is 1. The smallest absolute Gasteiger partial charge is 0.258 e. The highest BCUT2D eigenvalue weighted by Gasteiger charge is 2.17. The third kappa shape index (κ3) is 5.88.